The predicted molar refractivity (Wildman–Crippen MR) is 83.3 cm³/mol. The summed E-state index contributed by atoms with van der Waals surface area (Å²) in [5, 5.41) is 0.617. The molecule has 2 rings (SSSR count). The zero-order valence-corrected chi connectivity index (χ0v) is 12.6. The molecule has 0 aromatic heterocycles. The van der Waals surface area contributed by atoms with Crippen molar-refractivity contribution in [2.75, 3.05) is 7.11 Å². The fourth-order valence-corrected chi connectivity index (χ4v) is 1.81. The van der Waals surface area contributed by atoms with Crippen LogP contribution in [0.5, 0.6) is 5.75 Å². The van der Waals surface area contributed by atoms with Gasteiger partial charge in [-0.1, -0.05) is 29.3 Å². The first-order chi connectivity index (χ1) is 10.1. The summed E-state index contributed by atoms with van der Waals surface area (Å²) in [7, 11) is 1.32. The van der Waals surface area contributed by atoms with Crippen LogP contribution in [0.2, 0.25) is 5.02 Å². The average Bonchev–Trinajstić information content (AvgIpc) is 2.49. The third-order valence-electron chi connectivity index (χ3n) is 2.83. The van der Waals surface area contributed by atoms with Gasteiger partial charge in [0.2, 0.25) is 0 Å². The number of methoxy groups -OCH3 is 1. The van der Waals surface area contributed by atoms with Crippen molar-refractivity contribution in [1.29, 1.82) is 0 Å². The third kappa shape index (κ3) is 4.36. The molecule has 0 heterocycles. The van der Waals surface area contributed by atoms with Crippen molar-refractivity contribution in [3.05, 3.63) is 70.8 Å². The molecule has 2 aromatic rings. The molecule has 21 heavy (non-hydrogen) atoms. The first-order valence-electron chi connectivity index (χ1n) is 6.38. The SMILES string of the molecule is COC(=O)/C=C(/Oc1ccc(C)cc1)c1ccc(Cl)cc1. The lowest BCUT2D eigenvalue weighted by atomic mass is 10.1. The maximum absolute atomic E-state index is 11.5. The lowest BCUT2D eigenvalue weighted by Gasteiger charge is -2.10. The molecule has 0 aliphatic rings. The number of halogens is 1. The first-order valence-corrected chi connectivity index (χ1v) is 6.76. The van der Waals surface area contributed by atoms with Gasteiger partial charge in [-0.3, -0.25) is 0 Å². The van der Waals surface area contributed by atoms with Crippen LogP contribution < -0.4 is 4.74 Å². The summed E-state index contributed by atoms with van der Waals surface area (Å²) >= 11 is 5.88. The topological polar surface area (TPSA) is 35.5 Å². The van der Waals surface area contributed by atoms with Crippen LogP contribution in [0.1, 0.15) is 11.1 Å². The Morgan fingerprint density at radius 3 is 2.24 bits per heavy atom. The Hall–Kier alpha value is -2.26. The molecule has 0 saturated carbocycles. The second-order valence-electron chi connectivity index (χ2n) is 4.45. The summed E-state index contributed by atoms with van der Waals surface area (Å²) < 4.78 is 10.4. The summed E-state index contributed by atoms with van der Waals surface area (Å²) in [6.45, 7) is 1.99. The van der Waals surface area contributed by atoms with Gasteiger partial charge in [-0.05, 0) is 43.3 Å². The van der Waals surface area contributed by atoms with Crippen molar-refractivity contribution >= 4 is 23.3 Å². The summed E-state index contributed by atoms with van der Waals surface area (Å²) in [6.07, 6.45) is 1.31. The third-order valence-corrected chi connectivity index (χ3v) is 3.08. The first kappa shape index (κ1) is 15.1. The number of aryl methyl sites for hydroxylation is 1. The Morgan fingerprint density at radius 1 is 1.05 bits per heavy atom. The van der Waals surface area contributed by atoms with Gasteiger partial charge in [-0.15, -0.1) is 0 Å². The number of esters is 1. The monoisotopic (exact) mass is 302 g/mol. The Bertz CT molecular complexity index is 643. The van der Waals surface area contributed by atoms with E-state index in [1.165, 1.54) is 13.2 Å². The van der Waals surface area contributed by atoms with Crippen molar-refractivity contribution in [1.82, 2.24) is 0 Å². The Labute approximate surface area is 128 Å². The van der Waals surface area contributed by atoms with Crippen molar-refractivity contribution in [2.45, 2.75) is 6.92 Å². The Balaban J connectivity index is 2.32. The second kappa shape index (κ2) is 6.95. The lowest BCUT2D eigenvalue weighted by molar-refractivity contribution is -0.134. The van der Waals surface area contributed by atoms with E-state index in [4.69, 9.17) is 16.3 Å². The Morgan fingerprint density at radius 2 is 1.67 bits per heavy atom. The normalized spacial score (nSPS) is 11.1. The molecule has 0 radical (unpaired) electrons. The van der Waals surface area contributed by atoms with Gasteiger partial charge in [0.1, 0.15) is 11.5 Å². The molecule has 0 unspecified atom stereocenters. The van der Waals surface area contributed by atoms with Crippen molar-refractivity contribution in [3.63, 3.8) is 0 Å². The van der Waals surface area contributed by atoms with Gasteiger partial charge in [0.25, 0.3) is 0 Å². The maximum atomic E-state index is 11.5. The van der Waals surface area contributed by atoms with Crippen LogP contribution in [0.3, 0.4) is 0 Å². The van der Waals surface area contributed by atoms with E-state index >= 15 is 0 Å². The molecule has 0 aliphatic heterocycles. The van der Waals surface area contributed by atoms with Crippen molar-refractivity contribution in [3.8, 4) is 5.75 Å². The number of carbonyl (C=O) groups excluding carboxylic acids is 1. The van der Waals surface area contributed by atoms with Crippen LogP contribution in [-0.4, -0.2) is 13.1 Å². The van der Waals surface area contributed by atoms with E-state index in [1.807, 2.05) is 31.2 Å². The van der Waals surface area contributed by atoms with Crippen LogP contribution in [-0.2, 0) is 9.53 Å². The molecule has 108 valence electrons. The zero-order chi connectivity index (χ0) is 15.2. The smallest absolute Gasteiger partial charge is 0.334 e. The van der Waals surface area contributed by atoms with E-state index in [0.717, 1.165) is 11.1 Å². The van der Waals surface area contributed by atoms with Gasteiger partial charge in [0, 0.05) is 10.6 Å². The van der Waals surface area contributed by atoms with Crippen molar-refractivity contribution < 1.29 is 14.3 Å². The summed E-state index contributed by atoms with van der Waals surface area (Å²) in [5.41, 5.74) is 1.87. The highest BCUT2D eigenvalue weighted by molar-refractivity contribution is 6.30. The number of hydrogen-bond acceptors (Lipinski definition) is 3. The number of hydrogen-bond donors (Lipinski definition) is 0. The molecule has 3 nitrogen and oxygen atoms in total. The standard InChI is InChI=1S/C17H15ClO3/c1-12-3-9-15(10-4-12)21-16(11-17(19)20-2)13-5-7-14(18)8-6-13/h3-11H,1-2H3/b16-11+. The highest BCUT2D eigenvalue weighted by Crippen LogP contribution is 2.23. The number of benzene rings is 2. The highest BCUT2D eigenvalue weighted by Gasteiger charge is 2.08. The van der Waals surface area contributed by atoms with Crippen LogP contribution in [0, 0.1) is 6.92 Å². The molecule has 4 heteroatoms. The molecule has 2 aromatic carbocycles. The number of carbonyl (C=O) groups is 1. The average molecular weight is 303 g/mol. The van der Waals surface area contributed by atoms with Gasteiger partial charge < -0.3 is 9.47 Å². The van der Waals surface area contributed by atoms with Crippen LogP contribution in [0.4, 0.5) is 0 Å². The molecular weight excluding hydrogens is 288 g/mol. The number of ether oxygens (including phenoxy) is 2. The fourth-order valence-electron chi connectivity index (χ4n) is 1.69. The van der Waals surface area contributed by atoms with Gasteiger partial charge in [-0.2, -0.15) is 0 Å². The van der Waals surface area contributed by atoms with E-state index in [0.29, 0.717) is 16.5 Å². The predicted octanol–water partition coefficient (Wildman–Crippen LogP) is 4.24. The minimum absolute atomic E-state index is 0.405. The van der Waals surface area contributed by atoms with E-state index in [-0.39, 0.29) is 0 Å². The van der Waals surface area contributed by atoms with Crippen LogP contribution in [0.25, 0.3) is 5.76 Å². The fraction of sp³-hybridized carbons (Fsp3) is 0.118. The van der Waals surface area contributed by atoms with Crippen LogP contribution >= 0.6 is 11.6 Å². The van der Waals surface area contributed by atoms with E-state index in [9.17, 15) is 4.79 Å². The van der Waals surface area contributed by atoms with Gasteiger partial charge in [-0.25, -0.2) is 4.79 Å². The van der Waals surface area contributed by atoms with Gasteiger partial charge >= 0.3 is 5.97 Å². The minimum atomic E-state index is -0.480. The van der Waals surface area contributed by atoms with E-state index in [1.54, 1.807) is 24.3 Å². The summed E-state index contributed by atoms with van der Waals surface area (Å²) in [6, 6.07) is 14.6. The van der Waals surface area contributed by atoms with Gasteiger partial charge in [0.05, 0.1) is 13.2 Å². The largest absolute Gasteiger partial charge is 0.466 e. The molecule has 0 saturated heterocycles. The van der Waals surface area contributed by atoms with E-state index in [2.05, 4.69) is 4.74 Å². The summed E-state index contributed by atoms with van der Waals surface area (Å²) in [4.78, 5) is 11.5. The van der Waals surface area contributed by atoms with Gasteiger partial charge in [0.15, 0.2) is 0 Å². The summed E-state index contributed by atoms with van der Waals surface area (Å²) in [5.74, 6) is 0.570. The second-order valence-corrected chi connectivity index (χ2v) is 4.89. The highest BCUT2D eigenvalue weighted by atomic mass is 35.5. The molecule has 0 N–H and O–H groups in total. The van der Waals surface area contributed by atoms with E-state index < -0.39 is 5.97 Å². The molecule has 0 amide bonds. The molecule has 0 fully saturated rings. The number of rotatable bonds is 4. The molecule has 0 bridgehead atoms. The minimum Gasteiger partial charge on any atom is -0.466 e. The molecule has 0 spiro atoms. The zero-order valence-electron chi connectivity index (χ0n) is 11.8. The van der Waals surface area contributed by atoms with Crippen LogP contribution in [0.15, 0.2) is 54.6 Å². The maximum Gasteiger partial charge on any atom is 0.334 e. The molecule has 0 atom stereocenters. The Kier molecular flexibility index (Phi) is 5.01. The molecule has 0 aliphatic carbocycles. The quantitative estimate of drug-likeness (QED) is 0.481. The molecular formula is C17H15ClO3. The lowest BCUT2D eigenvalue weighted by Crippen LogP contribution is -2.02. The van der Waals surface area contributed by atoms with Crippen molar-refractivity contribution in [2.24, 2.45) is 0 Å².